The van der Waals surface area contributed by atoms with Crippen molar-refractivity contribution in [3.05, 3.63) is 29.8 Å². The first-order chi connectivity index (χ1) is 10.7. The topological polar surface area (TPSA) is 44.8 Å². The molecule has 1 N–H and O–H groups in total. The molecule has 0 aromatic heterocycles. The van der Waals surface area contributed by atoms with Crippen LogP contribution in [0.5, 0.6) is 0 Å². The van der Waals surface area contributed by atoms with Crippen LogP contribution in [0.4, 0.5) is 10.5 Å². The third kappa shape index (κ3) is 4.91. The number of hydrogen-bond acceptors (Lipinski definition) is 3. The first kappa shape index (κ1) is 16.6. The summed E-state index contributed by atoms with van der Waals surface area (Å²) in [7, 11) is 0. The lowest BCUT2D eigenvalue weighted by Gasteiger charge is -2.36. The van der Waals surface area contributed by atoms with Crippen LogP contribution in [0, 0.1) is 6.92 Å². The second kappa shape index (κ2) is 8.63. The monoisotopic (exact) mass is 305 g/mol. The van der Waals surface area contributed by atoms with Gasteiger partial charge in [0.25, 0.3) is 0 Å². The predicted octanol–water partition coefficient (Wildman–Crippen LogP) is 2.25. The Morgan fingerprint density at radius 2 is 2.05 bits per heavy atom. The molecule has 122 valence electrons. The summed E-state index contributed by atoms with van der Waals surface area (Å²) in [6, 6.07) is 8.57. The smallest absolute Gasteiger partial charge is 0.317 e. The van der Waals surface area contributed by atoms with Crippen molar-refractivity contribution in [3.63, 3.8) is 0 Å². The fraction of sp³-hybridized carbons (Fsp3) is 0.588. The van der Waals surface area contributed by atoms with Crippen LogP contribution >= 0.6 is 0 Å². The van der Waals surface area contributed by atoms with E-state index in [1.807, 2.05) is 11.8 Å². The molecule has 1 heterocycles. The second-order valence-electron chi connectivity index (χ2n) is 5.60. The van der Waals surface area contributed by atoms with Gasteiger partial charge in [-0.15, -0.1) is 0 Å². The molecule has 0 bridgehead atoms. The Hall–Kier alpha value is -1.75. The molecule has 5 nitrogen and oxygen atoms in total. The van der Waals surface area contributed by atoms with E-state index in [1.165, 1.54) is 11.3 Å². The van der Waals surface area contributed by atoms with Crippen molar-refractivity contribution in [2.75, 3.05) is 50.8 Å². The maximum absolute atomic E-state index is 12.1. The lowest BCUT2D eigenvalue weighted by Crippen LogP contribution is -2.52. The summed E-state index contributed by atoms with van der Waals surface area (Å²) in [4.78, 5) is 16.3. The molecule has 0 aliphatic carbocycles. The lowest BCUT2D eigenvalue weighted by molar-refractivity contribution is 0.143. The number of piperazine rings is 1. The minimum atomic E-state index is 0.0420. The second-order valence-corrected chi connectivity index (χ2v) is 5.60. The number of nitrogens with zero attached hydrogens (tertiary/aromatic N) is 2. The normalized spacial score (nSPS) is 15.0. The quantitative estimate of drug-likeness (QED) is 0.820. The molecule has 5 heteroatoms. The van der Waals surface area contributed by atoms with Gasteiger partial charge in [0.2, 0.25) is 0 Å². The van der Waals surface area contributed by atoms with Crippen LogP contribution < -0.4 is 10.2 Å². The molecule has 22 heavy (non-hydrogen) atoms. The highest BCUT2D eigenvalue weighted by atomic mass is 16.5. The zero-order valence-electron chi connectivity index (χ0n) is 13.7. The van der Waals surface area contributed by atoms with E-state index in [2.05, 4.69) is 41.4 Å². The van der Waals surface area contributed by atoms with Crippen LogP contribution in [-0.4, -0.2) is 56.9 Å². The van der Waals surface area contributed by atoms with Crippen molar-refractivity contribution in [3.8, 4) is 0 Å². The largest absolute Gasteiger partial charge is 0.382 e. The van der Waals surface area contributed by atoms with Crippen LogP contribution in [0.1, 0.15) is 18.9 Å². The highest BCUT2D eigenvalue weighted by Crippen LogP contribution is 2.17. The number of carbonyl (C=O) groups excluding carboxylic acids is 1. The molecule has 1 aliphatic heterocycles. The summed E-state index contributed by atoms with van der Waals surface area (Å²) >= 11 is 0. The Balaban J connectivity index is 1.71. The molecular formula is C17H27N3O2. The summed E-state index contributed by atoms with van der Waals surface area (Å²) in [5.41, 5.74) is 2.52. The van der Waals surface area contributed by atoms with Gasteiger partial charge in [0.1, 0.15) is 0 Å². The minimum absolute atomic E-state index is 0.0420. The van der Waals surface area contributed by atoms with E-state index < -0.39 is 0 Å². The van der Waals surface area contributed by atoms with E-state index in [1.54, 1.807) is 0 Å². The van der Waals surface area contributed by atoms with Gasteiger partial charge in [0, 0.05) is 51.6 Å². The van der Waals surface area contributed by atoms with Crippen molar-refractivity contribution in [2.45, 2.75) is 20.3 Å². The number of rotatable bonds is 6. The molecule has 1 fully saturated rings. The average Bonchev–Trinajstić information content (AvgIpc) is 2.54. The number of amides is 2. The van der Waals surface area contributed by atoms with E-state index in [-0.39, 0.29) is 6.03 Å². The molecule has 1 saturated heterocycles. The summed E-state index contributed by atoms with van der Waals surface area (Å²) in [5.74, 6) is 0. The number of anilines is 1. The van der Waals surface area contributed by atoms with Crippen LogP contribution in [0.25, 0.3) is 0 Å². The summed E-state index contributed by atoms with van der Waals surface area (Å²) < 4.78 is 5.26. The highest BCUT2D eigenvalue weighted by Gasteiger charge is 2.20. The Kier molecular flexibility index (Phi) is 6.52. The van der Waals surface area contributed by atoms with Crippen LogP contribution in [0.15, 0.2) is 24.3 Å². The van der Waals surface area contributed by atoms with E-state index in [0.29, 0.717) is 13.2 Å². The van der Waals surface area contributed by atoms with Crippen molar-refractivity contribution in [1.82, 2.24) is 10.2 Å². The fourth-order valence-electron chi connectivity index (χ4n) is 2.62. The lowest BCUT2D eigenvalue weighted by atomic mass is 10.2. The van der Waals surface area contributed by atoms with Gasteiger partial charge in [-0.05, 0) is 38.0 Å². The van der Waals surface area contributed by atoms with E-state index in [4.69, 9.17) is 4.74 Å². The number of urea groups is 1. The van der Waals surface area contributed by atoms with Gasteiger partial charge in [-0.2, -0.15) is 0 Å². The zero-order valence-corrected chi connectivity index (χ0v) is 13.7. The maximum atomic E-state index is 12.1. The Bertz CT molecular complexity index is 471. The number of benzene rings is 1. The molecular weight excluding hydrogens is 278 g/mol. The van der Waals surface area contributed by atoms with Crippen molar-refractivity contribution in [1.29, 1.82) is 0 Å². The number of hydrogen-bond donors (Lipinski definition) is 1. The highest BCUT2D eigenvalue weighted by molar-refractivity contribution is 5.74. The third-order valence-electron chi connectivity index (χ3n) is 3.88. The Morgan fingerprint density at radius 3 is 2.73 bits per heavy atom. The molecule has 0 spiro atoms. The number of aryl methyl sites for hydroxylation is 1. The van der Waals surface area contributed by atoms with Crippen LogP contribution in [0.3, 0.4) is 0 Å². The van der Waals surface area contributed by atoms with Gasteiger partial charge < -0.3 is 19.9 Å². The Labute approximate surface area is 133 Å². The van der Waals surface area contributed by atoms with Gasteiger partial charge in [-0.25, -0.2) is 4.79 Å². The minimum Gasteiger partial charge on any atom is -0.382 e. The van der Waals surface area contributed by atoms with Crippen molar-refractivity contribution >= 4 is 11.7 Å². The van der Waals surface area contributed by atoms with Gasteiger partial charge in [-0.1, -0.05) is 12.1 Å². The number of nitrogens with one attached hydrogen (secondary N) is 1. The Morgan fingerprint density at radius 1 is 1.27 bits per heavy atom. The molecule has 2 rings (SSSR count). The van der Waals surface area contributed by atoms with Gasteiger partial charge in [0.15, 0.2) is 0 Å². The zero-order chi connectivity index (χ0) is 15.8. The first-order valence-corrected chi connectivity index (χ1v) is 8.13. The predicted molar refractivity (Wildman–Crippen MR) is 89.5 cm³/mol. The summed E-state index contributed by atoms with van der Waals surface area (Å²) in [6.07, 6.45) is 0.864. The standard InChI is InChI=1S/C17H27N3O2/c1-3-22-13-5-8-18-17(21)20-11-9-19(10-12-20)16-7-4-6-15(2)14-16/h4,6-7,14H,3,5,8-13H2,1-2H3,(H,18,21). The molecule has 2 amide bonds. The first-order valence-electron chi connectivity index (χ1n) is 8.13. The molecule has 1 aromatic rings. The maximum Gasteiger partial charge on any atom is 0.317 e. The fourth-order valence-corrected chi connectivity index (χ4v) is 2.62. The van der Waals surface area contributed by atoms with Gasteiger partial charge in [0.05, 0.1) is 0 Å². The molecule has 0 saturated carbocycles. The van der Waals surface area contributed by atoms with Crippen molar-refractivity contribution in [2.24, 2.45) is 0 Å². The summed E-state index contributed by atoms with van der Waals surface area (Å²) in [5, 5.41) is 2.96. The third-order valence-corrected chi connectivity index (χ3v) is 3.88. The molecule has 0 atom stereocenters. The van der Waals surface area contributed by atoms with Crippen LogP contribution in [-0.2, 0) is 4.74 Å². The number of ether oxygens (including phenoxy) is 1. The van der Waals surface area contributed by atoms with E-state index in [0.717, 1.165) is 39.2 Å². The van der Waals surface area contributed by atoms with Gasteiger partial charge in [-0.3, -0.25) is 0 Å². The average molecular weight is 305 g/mol. The van der Waals surface area contributed by atoms with E-state index >= 15 is 0 Å². The van der Waals surface area contributed by atoms with Crippen LogP contribution in [0.2, 0.25) is 0 Å². The number of carbonyl (C=O) groups is 1. The molecule has 1 aromatic carbocycles. The van der Waals surface area contributed by atoms with Gasteiger partial charge >= 0.3 is 6.03 Å². The summed E-state index contributed by atoms with van der Waals surface area (Å²) in [6.45, 7) is 9.51. The molecule has 0 radical (unpaired) electrons. The van der Waals surface area contributed by atoms with Crippen molar-refractivity contribution < 1.29 is 9.53 Å². The van der Waals surface area contributed by atoms with E-state index in [9.17, 15) is 4.79 Å². The SMILES string of the molecule is CCOCCCNC(=O)N1CCN(c2cccc(C)c2)CC1. The molecule has 0 unspecified atom stereocenters. The molecule has 1 aliphatic rings.